The summed E-state index contributed by atoms with van der Waals surface area (Å²) in [5, 5.41) is 0. The van der Waals surface area contributed by atoms with Gasteiger partial charge in [0.1, 0.15) is 17.0 Å². The average molecular weight is 432 g/mol. The Balaban J connectivity index is 3.34. The summed E-state index contributed by atoms with van der Waals surface area (Å²) in [4.78, 5) is 11.5. The van der Waals surface area contributed by atoms with Crippen LogP contribution in [0.3, 0.4) is 0 Å². The monoisotopic (exact) mass is 431 g/mol. The van der Waals surface area contributed by atoms with Crippen molar-refractivity contribution in [1.82, 2.24) is 4.72 Å². The SMILES string of the molecule is CC(C)(C)[S@@+]([O-])N[C@@](CF)(CC(=O)C(F)(F)F)c1cccc(Br)c1. The van der Waals surface area contributed by atoms with Gasteiger partial charge in [0.15, 0.2) is 0 Å². The summed E-state index contributed by atoms with van der Waals surface area (Å²) in [6.07, 6.45) is -6.29. The van der Waals surface area contributed by atoms with Gasteiger partial charge in [-0.05, 0) is 38.5 Å². The highest BCUT2D eigenvalue weighted by Crippen LogP contribution is 2.34. The number of carbonyl (C=O) groups is 1. The topological polar surface area (TPSA) is 52.2 Å². The molecule has 0 fully saturated rings. The van der Waals surface area contributed by atoms with Crippen LogP contribution in [0.4, 0.5) is 17.6 Å². The Bertz CT molecular complexity index is 592. The van der Waals surface area contributed by atoms with Crippen molar-refractivity contribution in [2.45, 2.75) is 43.7 Å². The fourth-order valence-corrected chi connectivity index (χ4v) is 3.14. The van der Waals surface area contributed by atoms with Gasteiger partial charge in [-0.3, -0.25) is 4.79 Å². The highest BCUT2D eigenvalue weighted by atomic mass is 79.9. The van der Waals surface area contributed by atoms with Crippen LogP contribution in [0.15, 0.2) is 28.7 Å². The molecule has 1 aromatic rings. The molecule has 0 aromatic heterocycles. The summed E-state index contributed by atoms with van der Waals surface area (Å²) in [5.41, 5.74) is -1.93. The van der Waals surface area contributed by atoms with E-state index < -0.39 is 46.7 Å². The molecule has 0 unspecified atom stereocenters. The molecule has 0 saturated heterocycles. The molecular weight excluding hydrogens is 414 g/mol. The van der Waals surface area contributed by atoms with E-state index in [9.17, 15) is 26.9 Å². The zero-order valence-corrected chi connectivity index (χ0v) is 15.7. The second kappa shape index (κ2) is 7.72. The Kier molecular flexibility index (Phi) is 6.88. The minimum Gasteiger partial charge on any atom is -0.598 e. The number of Topliss-reactive ketones (excluding diaryl/α,β-unsaturated/α-hetero) is 1. The quantitative estimate of drug-likeness (QED) is 0.542. The first kappa shape index (κ1) is 21.4. The van der Waals surface area contributed by atoms with Gasteiger partial charge in [-0.2, -0.15) is 13.2 Å². The van der Waals surface area contributed by atoms with E-state index in [4.69, 9.17) is 0 Å². The van der Waals surface area contributed by atoms with Crippen LogP contribution in [0.25, 0.3) is 0 Å². The molecule has 0 radical (unpaired) electrons. The number of halogens is 5. The minimum atomic E-state index is -5.10. The molecule has 0 bridgehead atoms. The molecule has 9 heteroatoms. The van der Waals surface area contributed by atoms with E-state index in [0.717, 1.165) is 0 Å². The van der Waals surface area contributed by atoms with Gasteiger partial charge in [0.25, 0.3) is 0 Å². The Hall–Kier alpha value is -0.640. The molecular formula is C15H18BrF4NO2S. The van der Waals surface area contributed by atoms with Crippen LogP contribution < -0.4 is 4.72 Å². The molecule has 0 saturated carbocycles. The number of hydrogen-bond acceptors (Lipinski definition) is 3. The summed E-state index contributed by atoms with van der Waals surface area (Å²) >= 11 is 1.28. The Labute approximate surface area is 149 Å². The smallest absolute Gasteiger partial charge is 0.450 e. The van der Waals surface area contributed by atoms with Crippen molar-refractivity contribution < 1.29 is 26.9 Å². The second-order valence-electron chi connectivity index (χ2n) is 6.31. The van der Waals surface area contributed by atoms with Crippen LogP contribution in [0, 0.1) is 0 Å². The van der Waals surface area contributed by atoms with E-state index in [0.29, 0.717) is 4.47 Å². The molecule has 24 heavy (non-hydrogen) atoms. The normalized spacial score (nSPS) is 16.5. The van der Waals surface area contributed by atoms with Crippen molar-refractivity contribution in [2.24, 2.45) is 0 Å². The summed E-state index contributed by atoms with van der Waals surface area (Å²) in [6.45, 7) is 3.44. The van der Waals surface area contributed by atoms with E-state index in [1.54, 1.807) is 26.8 Å². The summed E-state index contributed by atoms with van der Waals surface area (Å²) in [5.74, 6) is -2.08. The van der Waals surface area contributed by atoms with Gasteiger partial charge in [-0.25, -0.2) is 4.39 Å². The van der Waals surface area contributed by atoms with Crippen molar-refractivity contribution in [3.05, 3.63) is 34.3 Å². The summed E-state index contributed by atoms with van der Waals surface area (Å²) in [7, 11) is 0. The molecule has 1 rings (SSSR count). The first-order valence-corrected chi connectivity index (χ1v) is 8.88. The number of nitrogens with one attached hydrogen (secondary N) is 1. The maximum Gasteiger partial charge on any atom is 0.450 e. The molecule has 0 amide bonds. The molecule has 3 nitrogen and oxygen atoms in total. The van der Waals surface area contributed by atoms with E-state index in [1.165, 1.54) is 18.2 Å². The van der Waals surface area contributed by atoms with Gasteiger partial charge in [0.05, 0.1) is 0 Å². The number of benzene rings is 1. The van der Waals surface area contributed by atoms with Crippen molar-refractivity contribution in [3.63, 3.8) is 0 Å². The first-order chi connectivity index (χ1) is 10.8. The number of ketones is 1. The van der Waals surface area contributed by atoms with E-state index in [1.807, 2.05) is 0 Å². The lowest BCUT2D eigenvalue weighted by Gasteiger charge is -2.36. The molecule has 0 aliphatic carbocycles. The van der Waals surface area contributed by atoms with Crippen LogP contribution in [0.2, 0.25) is 0 Å². The third-order valence-electron chi connectivity index (χ3n) is 3.23. The average Bonchev–Trinajstić information content (AvgIpc) is 2.44. The van der Waals surface area contributed by atoms with Crippen LogP contribution in [-0.4, -0.2) is 27.9 Å². The molecule has 0 aliphatic heterocycles. The lowest BCUT2D eigenvalue weighted by Crippen LogP contribution is -2.54. The van der Waals surface area contributed by atoms with E-state index in [2.05, 4.69) is 20.7 Å². The third kappa shape index (κ3) is 5.44. The summed E-state index contributed by atoms with van der Waals surface area (Å²) in [6, 6.07) is 5.90. The van der Waals surface area contributed by atoms with Gasteiger partial charge in [-0.15, -0.1) is 4.72 Å². The molecule has 1 aromatic carbocycles. The minimum absolute atomic E-state index is 0.106. The van der Waals surface area contributed by atoms with Crippen LogP contribution in [0.5, 0.6) is 0 Å². The zero-order chi connectivity index (χ0) is 18.8. The Morgan fingerprint density at radius 1 is 1.29 bits per heavy atom. The fourth-order valence-electron chi connectivity index (χ4n) is 1.84. The molecule has 136 valence electrons. The molecule has 0 aliphatic rings. The predicted octanol–water partition coefficient (Wildman–Crippen LogP) is 4.19. The van der Waals surface area contributed by atoms with Crippen molar-refractivity contribution >= 4 is 33.1 Å². The van der Waals surface area contributed by atoms with Crippen LogP contribution in [-0.2, 0) is 21.7 Å². The third-order valence-corrected chi connectivity index (χ3v) is 5.41. The van der Waals surface area contributed by atoms with Gasteiger partial charge < -0.3 is 4.55 Å². The highest BCUT2D eigenvalue weighted by molar-refractivity contribution is 9.10. The second-order valence-corrected chi connectivity index (χ2v) is 9.19. The van der Waals surface area contributed by atoms with Gasteiger partial charge in [0.2, 0.25) is 5.78 Å². The lowest BCUT2D eigenvalue weighted by atomic mass is 9.87. The predicted molar refractivity (Wildman–Crippen MR) is 88.5 cm³/mol. The number of hydrogen-bond donors (Lipinski definition) is 1. The number of carbonyl (C=O) groups excluding carboxylic acids is 1. The maximum atomic E-state index is 13.9. The Morgan fingerprint density at radius 3 is 2.29 bits per heavy atom. The van der Waals surface area contributed by atoms with Crippen molar-refractivity contribution in [1.29, 1.82) is 0 Å². The van der Waals surface area contributed by atoms with Gasteiger partial charge >= 0.3 is 6.18 Å². The Morgan fingerprint density at radius 2 is 1.88 bits per heavy atom. The molecule has 2 atom stereocenters. The van der Waals surface area contributed by atoms with E-state index >= 15 is 0 Å². The zero-order valence-electron chi connectivity index (χ0n) is 13.3. The molecule has 0 heterocycles. The van der Waals surface area contributed by atoms with Crippen LogP contribution >= 0.6 is 15.9 Å². The van der Waals surface area contributed by atoms with Crippen molar-refractivity contribution in [2.75, 3.05) is 6.67 Å². The van der Waals surface area contributed by atoms with Gasteiger partial charge in [0, 0.05) is 22.3 Å². The number of rotatable bonds is 6. The first-order valence-electron chi connectivity index (χ1n) is 6.93. The number of alkyl halides is 4. The molecule has 1 N–H and O–H groups in total. The van der Waals surface area contributed by atoms with Crippen molar-refractivity contribution in [3.8, 4) is 0 Å². The maximum absolute atomic E-state index is 13.9. The molecule has 0 spiro atoms. The van der Waals surface area contributed by atoms with E-state index in [-0.39, 0.29) is 5.56 Å². The highest BCUT2D eigenvalue weighted by Gasteiger charge is 2.48. The largest absolute Gasteiger partial charge is 0.598 e. The summed E-state index contributed by atoms with van der Waals surface area (Å²) < 4.78 is 66.4. The standard InChI is InChI=1S/C15H18BrF4NO2S/c1-13(2,3)24(23)21-14(9-17,8-12(22)15(18,19)20)10-5-4-6-11(16)7-10/h4-7,21H,8-9H2,1-3H3/t14-,24-/m1/s1. The van der Waals surface area contributed by atoms with Gasteiger partial charge in [-0.1, -0.05) is 28.1 Å². The van der Waals surface area contributed by atoms with Crippen LogP contribution in [0.1, 0.15) is 32.8 Å². The fraction of sp³-hybridized carbons (Fsp3) is 0.533. The lowest BCUT2D eigenvalue weighted by molar-refractivity contribution is -0.172.